The predicted octanol–water partition coefficient (Wildman–Crippen LogP) is 3.77. The van der Waals surface area contributed by atoms with Crippen molar-refractivity contribution < 1.29 is 17.9 Å². The van der Waals surface area contributed by atoms with Crippen LogP contribution in [0.1, 0.15) is 48.9 Å². The Morgan fingerprint density at radius 1 is 0.963 bits per heavy atom. The van der Waals surface area contributed by atoms with E-state index in [9.17, 15) is 8.42 Å². The molecular formula is C21H25NO4S. The number of rotatable bonds is 5. The summed E-state index contributed by atoms with van der Waals surface area (Å²) in [5, 5.41) is 0. The zero-order valence-electron chi connectivity index (χ0n) is 15.5. The zero-order valence-corrected chi connectivity index (χ0v) is 16.3. The highest BCUT2D eigenvalue weighted by Gasteiger charge is 2.23. The Morgan fingerprint density at radius 3 is 2.48 bits per heavy atom. The Hall–Kier alpha value is -2.05. The molecule has 0 radical (unpaired) electrons. The number of sulfonamides is 1. The van der Waals surface area contributed by atoms with Crippen molar-refractivity contribution in [3.8, 4) is 11.5 Å². The molecule has 2 aliphatic rings. The van der Waals surface area contributed by atoms with Gasteiger partial charge in [-0.25, -0.2) is 13.1 Å². The highest BCUT2D eigenvalue weighted by Crippen LogP contribution is 2.33. The van der Waals surface area contributed by atoms with Crippen molar-refractivity contribution in [3.63, 3.8) is 0 Å². The fourth-order valence-corrected chi connectivity index (χ4v) is 5.13. The van der Waals surface area contributed by atoms with Gasteiger partial charge in [0.15, 0.2) is 11.5 Å². The van der Waals surface area contributed by atoms with Crippen LogP contribution in [0, 0.1) is 0 Å². The summed E-state index contributed by atoms with van der Waals surface area (Å²) in [7, 11) is -3.66. The highest BCUT2D eigenvalue weighted by atomic mass is 32.2. The Kier molecular flexibility index (Phi) is 5.10. The molecule has 0 amide bonds. The van der Waals surface area contributed by atoms with E-state index in [1.165, 1.54) is 30.0 Å². The number of hydrogen-bond donors (Lipinski definition) is 1. The second kappa shape index (κ2) is 7.52. The molecule has 2 aromatic rings. The van der Waals surface area contributed by atoms with Crippen molar-refractivity contribution >= 4 is 10.0 Å². The van der Waals surface area contributed by atoms with E-state index in [0.29, 0.717) is 31.1 Å². The second-order valence-electron chi connectivity index (χ2n) is 7.12. The Labute approximate surface area is 160 Å². The van der Waals surface area contributed by atoms with Crippen molar-refractivity contribution in [2.24, 2.45) is 0 Å². The van der Waals surface area contributed by atoms with Crippen LogP contribution in [0.15, 0.2) is 41.3 Å². The molecule has 2 aromatic carbocycles. The maximum absolute atomic E-state index is 12.9. The topological polar surface area (TPSA) is 64.6 Å². The SMILES string of the molecule is CCC(NS(=O)(=O)c1ccc2c(c1)OCCO2)c1ccc2c(c1)CCCC2. The van der Waals surface area contributed by atoms with Gasteiger partial charge in [0.25, 0.3) is 0 Å². The van der Waals surface area contributed by atoms with Crippen LogP contribution in [0.5, 0.6) is 11.5 Å². The lowest BCUT2D eigenvalue weighted by atomic mass is 9.89. The third-order valence-corrected chi connectivity index (χ3v) is 6.77. The molecule has 1 unspecified atom stereocenters. The standard InChI is InChI=1S/C21H25NO4S/c1-2-19(17-8-7-15-5-3-4-6-16(15)13-17)22-27(23,24)18-9-10-20-21(14-18)26-12-11-25-20/h7-10,13-14,19,22H,2-6,11-12H2,1H3. The number of hydrogen-bond acceptors (Lipinski definition) is 4. The fourth-order valence-electron chi connectivity index (χ4n) is 3.80. The molecule has 6 heteroatoms. The number of aryl methyl sites for hydroxylation is 2. The molecule has 1 aliphatic carbocycles. The summed E-state index contributed by atoms with van der Waals surface area (Å²) in [5.74, 6) is 1.06. The largest absolute Gasteiger partial charge is 0.486 e. The average Bonchev–Trinajstić information content (AvgIpc) is 2.71. The predicted molar refractivity (Wildman–Crippen MR) is 104 cm³/mol. The Morgan fingerprint density at radius 2 is 1.70 bits per heavy atom. The molecule has 144 valence electrons. The van der Waals surface area contributed by atoms with Crippen LogP contribution < -0.4 is 14.2 Å². The third kappa shape index (κ3) is 3.82. The zero-order chi connectivity index (χ0) is 18.9. The summed E-state index contributed by atoms with van der Waals surface area (Å²) in [6.07, 6.45) is 5.32. The van der Waals surface area contributed by atoms with Crippen LogP contribution in [0.4, 0.5) is 0 Å². The third-order valence-electron chi connectivity index (χ3n) is 5.30. The molecular weight excluding hydrogens is 362 g/mol. The molecule has 0 bridgehead atoms. The fraction of sp³-hybridized carbons (Fsp3) is 0.429. The van der Waals surface area contributed by atoms with E-state index < -0.39 is 10.0 Å². The lowest BCUT2D eigenvalue weighted by Gasteiger charge is -2.22. The first-order valence-electron chi connectivity index (χ1n) is 9.60. The summed E-state index contributed by atoms with van der Waals surface area (Å²) in [5.41, 5.74) is 3.78. The summed E-state index contributed by atoms with van der Waals surface area (Å²) in [4.78, 5) is 0.197. The number of benzene rings is 2. The molecule has 1 heterocycles. The number of nitrogens with one attached hydrogen (secondary N) is 1. The van der Waals surface area contributed by atoms with Gasteiger partial charge in [0.1, 0.15) is 13.2 Å². The van der Waals surface area contributed by atoms with Gasteiger partial charge in [-0.05, 0) is 60.9 Å². The van der Waals surface area contributed by atoms with Crippen LogP contribution in [0.3, 0.4) is 0 Å². The van der Waals surface area contributed by atoms with E-state index in [1.807, 2.05) is 6.92 Å². The van der Waals surface area contributed by atoms with Gasteiger partial charge in [0.05, 0.1) is 4.90 Å². The first kappa shape index (κ1) is 18.3. The summed E-state index contributed by atoms with van der Waals surface area (Å²) < 4.78 is 39.7. The van der Waals surface area contributed by atoms with Gasteiger partial charge in [-0.15, -0.1) is 0 Å². The molecule has 1 atom stereocenters. The van der Waals surface area contributed by atoms with Gasteiger partial charge in [0, 0.05) is 12.1 Å². The smallest absolute Gasteiger partial charge is 0.241 e. The first-order chi connectivity index (χ1) is 13.1. The number of fused-ring (bicyclic) bond motifs is 2. The van der Waals surface area contributed by atoms with Gasteiger partial charge in [0.2, 0.25) is 10.0 Å². The van der Waals surface area contributed by atoms with Gasteiger partial charge in [-0.2, -0.15) is 0 Å². The van der Waals surface area contributed by atoms with Crippen molar-refractivity contribution in [2.45, 2.75) is 50.0 Å². The average molecular weight is 388 g/mol. The van der Waals surface area contributed by atoms with E-state index in [4.69, 9.17) is 9.47 Å². The molecule has 0 saturated carbocycles. The van der Waals surface area contributed by atoms with E-state index in [1.54, 1.807) is 12.1 Å². The maximum atomic E-state index is 12.9. The summed E-state index contributed by atoms with van der Waals surface area (Å²) in [6, 6.07) is 10.9. The minimum absolute atomic E-state index is 0.197. The van der Waals surface area contributed by atoms with Crippen molar-refractivity contribution in [2.75, 3.05) is 13.2 Å². The molecule has 1 N–H and O–H groups in total. The van der Waals surface area contributed by atoms with E-state index in [2.05, 4.69) is 22.9 Å². The summed E-state index contributed by atoms with van der Waals surface area (Å²) >= 11 is 0. The van der Waals surface area contributed by atoms with Crippen molar-refractivity contribution in [1.82, 2.24) is 4.72 Å². The maximum Gasteiger partial charge on any atom is 0.241 e. The summed E-state index contributed by atoms with van der Waals surface area (Å²) in [6.45, 7) is 2.90. The lowest BCUT2D eigenvalue weighted by molar-refractivity contribution is 0.171. The van der Waals surface area contributed by atoms with E-state index in [-0.39, 0.29) is 10.9 Å². The molecule has 0 aromatic heterocycles. The normalized spacial score (nSPS) is 17.2. The van der Waals surface area contributed by atoms with Crippen LogP contribution in [0.2, 0.25) is 0 Å². The van der Waals surface area contributed by atoms with Crippen molar-refractivity contribution in [3.05, 3.63) is 53.1 Å². The molecule has 4 rings (SSSR count). The monoisotopic (exact) mass is 387 g/mol. The Bertz CT molecular complexity index is 939. The second-order valence-corrected chi connectivity index (χ2v) is 8.84. The minimum atomic E-state index is -3.66. The van der Waals surface area contributed by atoms with Crippen LogP contribution in [-0.2, 0) is 22.9 Å². The molecule has 0 spiro atoms. The molecule has 0 saturated heterocycles. The van der Waals surface area contributed by atoms with Gasteiger partial charge < -0.3 is 9.47 Å². The molecule has 0 fully saturated rings. The Balaban J connectivity index is 1.59. The quantitative estimate of drug-likeness (QED) is 0.848. The van der Waals surface area contributed by atoms with E-state index in [0.717, 1.165) is 18.4 Å². The minimum Gasteiger partial charge on any atom is -0.486 e. The van der Waals surface area contributed by atoms with E-state index >= 15 is 0 Å². The van der Waals surface area contributed by atoms with Gasteiger partial charge in [-0.3, -0.25) is 0 Å². The van der Waals surface area contributed by atoms with Gasteiger partial charge in [-0.1, -0.05) is 25.1 Å². The molecule has 5 nitrogen and oxygen atoms in total. The van der Waals surface area contributed by atoms with Crippen LogP contribution in [0.25, 0.3) is 0 Å². The lowest BCUT2D eigenvalue weighted by Crippen LogP contribution is -2.28. The number of ether oxygens (including phenoxy) is 2. The highest BCUT2D eigenvalue weighted by molar-refractivity contribution is 7.89. The molecule has 1 aliphatic heterocycles. The van der Waals surface area contributed by atoms with Crippen molar-refractivity contribution in [1.29, 1.82) is 0 Å². The van der Waals surface area contributed by atoms with Crippen LogP contribution >= 0.6 is 0 Å². The molecule has 27 heavy (non-hydrogen) atoms. The van der Waals surface area contributed by atoms with Crippen LogP contribution in [-0.4, -0.2) is 21.6 Å². The first-order valence-corrected chi connectivity index (χ1v) is 11.1. The van der Waals surface area contributed by atoms with Gasteiger partial charge >= 0.3 is 0 Å².